The highest BCUT2D eigenvalue weighted by atomic mass is 16.5. The number of hydrogen-bond acceptors (Lipinski definition) is 4. The van der Waals surface area contributed by atoms with E-state index in [0.717, 1.165) is 25.2 Å². The van der Waals surface area contributed by atoms with E-state index in [2.05, 4.69) is 23.7 Å². The molecule has 4 nitrogen and oxygen atoms in total. The van der Waals surface area contributed by atoms with Gasteiger partial charge in [-0.05, 0) is 19.2 Å². The lowest BCUT2D eigenvalue weighted by atomic mass is 10.3. The molecule has 0 spiro atoms. The van der Waals surface area contributed by atoms with E-state index in [1.807, 2.05) is 12.1 Å². The summed E-state index contributed by atoms with van der Waals surface area (Å²) in [5.74, 6) is 0.664. The summed E-state index contributed by atoms with van der Waals surface area (Å²) in [6.07, 6.45) is 1.73. The smallest absolute Gasteiger partial charge is 0.217 e. The van der Waals surface area contributed by atoms with Gasteiger partial charge >= 0.3 is 0 Å². The number of nitrogens with zero attached hydrogens (tertiary/aromatic N) is 2. The van der Waals surface area contributed by atoms with Crippen LogP contribution in [0.3, 0.4) is 0 Å². The van der Waals surface area contributed by atoms with Gasteiger partial charge in [-0.2, -0.15) is 0 Å². The number of ether oxygens (including phenoxy) is 1. The minimum Gasteiger partial charge on any atom is -0.476 e. The quantitative estimate of drug-likeness (QED) is 0.756. The Hall–Kier alpha value is -1.13. The molecule has 2 N–H and O–H groups in total. The van der Waals surface area contributed by atoms with Crippen molar-refractivity contribution in [1.29, 1.82) is 0 Å². The molecule has 0 aromatic carbocycles. The molecule has 0 amide bonds. The van der Waals surface area contributed by atoms with Crippen molar-refractivity contribution in [3.63, 3.8) is 0 Å². The van der Waals surface area contributed by atoms with Crippen molar-refractivity contribution in [2.24, 2.45) is 5.73 Å². The molecule has 1 rings (SSSR count). The highest BCUT2D eigenvalue weighted by Gasteiger charge is 2.03. The summed E-state index contributed by atoms with van der Waals surface area (Å²) in [6.45, 7) is 8.44. The van der Waals surface area contributed by atoms with Crippen LogP contribution < -0.4 is 10.5 Å². The highest BCUT2D eigenvalue weighted by Crippen LogP contribution is 2.12. The summed E-state index contributed by atoms with van der Waals surface area (Å²) in [6, 6.07) is 3.82. The minimum absolute atomic E-state index is 0.467. The minimum atomic E-state index is 0.467. The van der Waals surface area contributed by atoms with Crippen LogP contribution in [0.2, 0.25) is 0 Å². The van der Waals surface area contributed by atoms with Crippen LogP contribution in [0.1, 0.15) is 19.4 Å². The first kappa shape index (κ1) is 12.9. The van der Waals surface area contributed by atoms with E-state index < -0.39 is 0 Å². The maximum Gasteiger partial charge on any atom is 0.217 e. The molecular weight excluding hydrogens is 202 g/mol. The van der Waals surface area contributed by atoms with E-state index >= 15 is 0 Å². The SMILES string of the molecule is CCN(CC)CCOc1ncccc1CN. The molecule has 1 heterocycles. The Kier molecular flexibility index (Phi) is 5.82. The molecule has 1 aromatic rings. The van der Waals surface area contributed by atoms with Gasteiger partial charge in [0.25, 0.3) is 0 Å². The second-order valence-electron chi connectivity index (χ2n) is 3.55. The number of rotatable bonds is 7. The largest absolute Gasteiger partial charge is 0.476 e. The summed E-state index contributed by atoms with van der Waals surface area (Å²) in [5, 5.41) is 0. The first-order valence-corrected chi connectivity index (χ1v) is 5.80. The lowest BCUT2D eigenvalue weighted by molar-refractivity contribution is 0.216. The summed E-state index contributed by atoms with van der Waals surface area (Å²) in [7, 11) is 0. The molecule has 4 heteroatoms. The average molecular weight is 223 g/mol. The molecule has 0 aliphatic carbocycles. The van der Waals surface area contributed by atoms with Gasteiger partial charge in [-0.1, -0.05) is 19.9 Å². The number of pyridine rings is 1. The lowest BCUT2D eigenvalue weighted by Crippen LogP contribution is -2.28. The van der Waals surface area contributed by atoms with Crippen molar-refractivity contribution in [1.82, 2.24) is 9.88 Å². The van der Waals surface area contributed by atoms with E-state index in [9.17, 15) is 0 Å². The van der Waals surface area contributed by atoms with E-state index in [0.29, 0.717) is 19.0 Å². The lowest BCUT2D eigenvalue weighted by Gasteiger charge is -2.18. The fourth-order valence-electron chi connectivity index (χ4n) is 1.52. The third-order valence-corrected chi connectivity index (χ3v) is 2.61. The van der Waals surface area contributed by atoms with Crippen LogP contribution in [-0.2, 0) is 6.54 Å². The Bertz CT molecular complexity index is 300. The standard InChI is InChI=1S/C12H21N3O/c1-3-15(4-2)8-9-16-12-11(10-13)6-5-7-14-12/h5-7H,3-4,8-10,13H2,1-2H3. The molecule has 16 heavy (non-hydrogen) atoms. The molecule has 0 fully saturated rings. The normalized spacial score (nSPS) is 10.8. The van der Waals surface area contributed by atoms with Crippen LogP contribution in [0.15, 0.2) is 18.3 Å². The Balaban J connectivity index is 2.42. The van der Waals surface area contributed by atoms with Crippen LogP contribution >= 0.6 is 0 Å². The van der Waals surface area contributed by atoms with E-state index in [4.69, 9.17) is 10.5 Å². The summed E-state index contributed by atoms with van der Waals surface area (Å²) >= 11 is 0. The van der Waals surface area contributed by atoms with Gasteiger partial charge in [-0.15, -0.1) is 0 Å². The van der Waals surface area contributed by atoms with Crippen LogP contribution in [0.25, 0.3) is 0 Å². The zero-order valence-electron chi connectivity index (χ0n) is 10.1. The number of likely N-dealkylation sites (N-methyl/N-ethyl adjacent to an activating group) is 1. The fourth-order valence-corrected chi connectivity index (χ4v) is 1.52. The fraction of sp³-hybridized carbons (Fsp3) is 0.583. The molecule has 0 saturated carbocycles. The third kappa shape index (κ3) is 3.79. The van der Waals surface area contributed by atoms with Gasteiger partial charge in [0.15, 0.2) is 0 Å². The molecule has 1 aromatic heterocycles. The Morgan fingerprint density at radius 1 is 1.38 bits per heavy atom. The van der Waals surface area contributed by atoms with Crippen LogP contribution in [0, 0.1) is 0 Å². The summed E-state index contributed by atoms with van der Waals surface area (Å²) in [4.78, 5) is 6.49. The molecule has 90 valence electrons. The van der Waals surface area contributed by atoms with Crippen molar-refractivity contribution < 1.29 is 4.74 Å². The third-order valence-electron chi connectivity index (χ3n) is 2.61. The van der Waals surface area contributed by atoms with Gasteiger partial charge in [-0.25, -0.2) is 4.98 Å². The van der Waals surface area contributed by atoms with Gasteiger partial charge in [0.05, 0.1) is 0 Å². The molecular formula is C12H21N3O. The monoisotopic (exact) mass is 223 g/mol. The maximum atomic E-state index is 5.63. The van der Waals surface area contributed by atoms with Crippen molar-refractivity contribution in [3.05, 3.63) is 23.9 Å². The molecule has 0 atom stereocenters. The zero-order chi connectivity index (χ0) is 11.8. The van der Waals surface area contributed by atoms with Crippen molar-refractivity contribution in [2.75, 3.05) is 26.2 Å². The van der Waals surface area contributed by atoms with Crippen LogP contribution in [0.5, 0.6) is 5.88 Å². The molecule has 0 unspecified atom stereocenters. The molecule has 0 radical (unpaired) electrons. The number of hydrogen-bond donors (Lipinski definition) is 1. The molecule has 0 bridgehead atoms. The number of nitrogens with two attached hydrogens (primary N) is 1. The van der Waals surface area contributed by atoms with Crippen molar-refractivity contribution >= 4 is 0 Å². The van der Waals surface area contributed by atoms with E-state index in [1.165, 1.54) is 0 Å². The summed E-state index contributed by atoms with van der Waals surface area (Å²) in [5.41, 5.74) is 6.56. The first-order chi connectivity index (χ1) is 7.81. The van der Waals surface area contributed by atoms with Gasteiger partial charge in [0, 0.05) is 24.8 Å². The van der Waals surface area contributed by atoms with E-state index in [1.54, 1.807) is 6.20 Å². The maximum absolute atomic E-state index is 5.63. The average Bonchev–Trinajstić information content (AvgIpc) is 2.35. The Labute approximate surface area is 97.4 Å². The van der Waals surface area contributed by atoms with E-state index in [-0.39, 0.29) is 0 Å². The van der Waals surface area contributed by atoms with Crippen molar-refractivity contribution in [3.8, 4) is 5.88 Å². The topological polar surface area (TPSA) is 51.4 Å². The first-order valence-electron chi connectivity index (χ1n) is 5.80. The Morgan fingerprint density at radius 3 is 2.75 bits per heavy atom. The summed E-state index contributed by atoms with van der Waals surface area (Å²) < 4.78 is 5.63. The second-order valence-corrected chi connectivity index (χ2v) is 3.55. The van der Waals surface area contributed by atoms with Gasteiger partial charge in [-0.3, -0.25) is 0 Å². The highest BCUT2D eigenvalue weighted by molar-refractivity contribution is 5.24. The van der Waals surface area contributed by atoms with Gasteiger partial charge < -0.3 is 15.4 Å². The van der Waals surface area contributed by atoms with Crippen molar-refractivity contribution in [2.45, 2.75) is 20.4 Å². The predicted molar refractivity (Wildman–Crippen MR) is 65.4 cm³/mol. The van der Waals surface area contributed by atoms with Gasteiger partial charge in [0.1, 0.15) is 6.61 Å². The van der Waals surface area contributed by atoms with Gasteiger partial charge in [0.2, 0.25) is 5.88 Å². The van der Waals surface area contributed by atoms with Crippen LogP contribution in [0.4, 0.5) is 0 Å². The zero-order valence-corrected chi connectivity index (χ0v) is 10.1. The van der Waals surface area contributed by atoms with Crippen LogP contribution in [-0.4, -0.2) is 36.1 Å². The molecule has 0 aliphatic rings. The Morgan fingerprint density at radius 2 is 2.12 bits per heavy atom. The predicted octanol–water partition coefficient (Wildman–Crippen LogP) is 1.26. The molecule has 0 saturated heterocycles. The second kappa shape index (κ2) is 7.19. The number of aromatic nitrogens is 1. The molecule has 0 aliphatic heterocycles.